The standard InChI is InChI=1S/C27H24N2O2/c1-20-8-12-23(13-9-20)28(22-6-4-3-5-7-22)24-16-18-26(19-17-24)29(27(30)31)25-14-10-21(2)11-15-25/h3-19H,1-2H3,(H,30,31). The molecule has 0 aliphatic rings. The first-order chi connectivity index (χ1) is 15.0. The molecule has 0 heterocycles. The van der Waals surface area contributed by atoms with Crippen molar-refractivity contribution in [1.82, 2.24) is 0 Å². The summed E-state index contributed by atoms with van der Waals surface area (Å²) in [6.07, 6.45) is -1.02. The van der Waals surface area contributed by atoms with Crippen LogP contribution in [-0.2, 0) is 0 Å². The van der Waals surface area contributed by atoms with Crippen molar-refractivity contribution < 1.29 is 9.90 Å². The number of nitrogens with zero attached hydrogens (tertiary/aromatic N) is 2. The molecule has 0 aliphatic carbocycles. The third-order valence-electron chi connectivity index (χ3n) is 5.16. The molecule has 4 rings (SSSR count). The molecule has 0 saturated heterocycles. The van der Waals surface area contributed by atoms with Crippen LogP contribution in [-0.4, -0.2) is 11.2 Å². The number of hydrogen-bond donors (Lipinski definition) is 1. The lowest BCUT2D eigenvalue weighted by Crippen LogP contribution is -2.23. The molecule has 0 aliphatic heterocycles. The van der Waals surface area contributed by atoms with Gasteiger partial charge in [0.15, 0.2) is 0 Å². The van der Waals surface area contributed by atoms with E-state index in [2.05, 4.69) is 48.2 Å². The van der Waals surface area contributed by atoms with E-state index < -0.39 is 6.09 Å². The van der Waals surface area contributed by atoms with Crippen LogP contribution in [0.5, 0.6) is 0 Å². The van der Waals surface area contributed by atoms with E-state index in [1.807, 2.05) is 73.7 Å². The van der Waals surface area contributed by atoms with Crippen LogP contribution in [0.2, 0.25) is 0 Å². The molecule has 1 amide bonds. The second-order valence-electron chi connectivity index (χ2n) is 7.48. The van der Waals surface area contributed by atoms with Crippen LogP contribution in [0, 0.1) is 13.8 Å². The molecule has 4 nitrogen and oxygen atoms in total. The minimum Gasteiger partial charge on any atom is -0.464 e. The Hall–Kier alpha value is -4.05. The van der Waals surface area contributed by atoms with E-state index in [0.29, 0.717) is 11.4 Å². The van der Waals surface area contributed by atoms with Gasteiger partial charge in [-0.2, -0.15) is 0 Å². The average Bonchev–Trinajstić information content (AvgIpc) is 2.78. The van der Waals surface area contributed by atoms with Crippen LogP contribution in [0.15, 0.2) is 103 Å². The zero-order valence-corrected chi connectivity index (χ0v) is 17.6. The van der Waals surface area contributed by atoms with E-state index in [4.69, 9.17) is 0 Å². The Morgan fingerprint density at radius 2 is 0.903 bits per heavy atom. The first-order valence-corrected chi connectivity index (χ1v) is 10.1. The second-order valence-corrected chi connectivity index (χ2v) is 7.48. The minimum atomic E-state index is -1.02. The van der Waals surface area contributed by atoms with Gasteiger partial charge >= 0.3 is 6.09 Å². The van der Waals surface area contributed by atoms with Crippen molar-refractivity contribution >= 4 is 34.5 Å². The fourth-order valence-electron chi connectivity index (χ4n) is 3.53. The number of carboxylic acid groups (broad SMARTS) is 1. The number of benzene rings is 4. The molecule has 0 unspecified atom stereocenters. The number of aryl methyl sites for hydroxylation is 2. The molecule has 0 spiro atoms. The Bertz CT molecular complexity index is 1150. The smallest absolute Gasteiger partial charge is 0.416 e. The molecule has 0 atom stereocenters. The van der Waals surface area contributed by atoms with Gasteiger partial charge in [-0.3, -0.25) is 0 Å². The van der Waals surface area contributed by atoms with Gasteiger partial charge in [0, 0.05) is 17.1 Å². The zero-order chi connectivity index (χ0) is 21.8. The zero-order valence-electron chi connectivity index (χ0n) is 17.6. The number of rotatable bonds is 5. The lowest BCUT2D eigenvalue weighted by molar-refractivity contribution is 0.205. The fraction of sp³-hybridized carbons (Fsp3) is 0.0741. The van der Waals surface area contributed by atoms with Crippen LogP contribution in [0.4, 0.5) is 33.2 Å². The predicted molar refractivity (Wildman–Crippen MR) is 127 cm³/mol. The van der Waals surface area contributed by atoms with Gasteiger partial charge < -0.3 is 10.0 Å². The molecule has 4 heteroatoms. The van der Waals surface area contributed by atoms with E-state index in [-0.39, 0.29) is 0 Å². The van der Waals surface area contributed by atoms with Crippen molar-refractivity contribution in [2.45, 2.75) is 13.8 Å². The van der Waals surface area contributed by atoms with E-state index in [9.17, 15) is 9.90 Å². The summed E-state index contributed by atoms with van der Waals surface area (Å²) in [4.78, 5) is 15.4. The van der Waals surface area contributed by atoms with Gasteiger partial charge in [-0.25, -0.2) is 9.69 Å². The summed E-state index contributed by atoms with van der Waals surface area (Å²) in [6, 6.07) is 33.5. The Morgan fingerprint density at radius 3 is 1.35 bits per heavy atom. The van der Waals surface area contributed by atoms with Gasteiger partial charge in [-0.05, 0) is 74.5 Å². The van der Waals surface area contributed by atoms with Crippen LogP contribution < -0.4 is 9.80 Å². The molecule has 1 N–H and O–H groups in total. The third kappa shape index (κ3) is 4.43. The van der Waals surface area contributed by atoms with Gasteiger partial charge in [0.25, 0.3) is 0 Å². The number of amides is 1. The van der Waals surface area contributed by atoms with Crippen molar-refractivity contribution in [2.24, 2.45) is 0 Å². The topological polar surface area (TPSA) is 43.8 Å². The van der Waals surface area contributed by atoms with Crippen molar-refractivity contribution in [3.63, 3.8) is 0 Å². The van der Waals surface area contributed by atoms with Crippen LogP contribution >= 0.6 is 0 Å². The number of hydrogen-bond acceptors (Lipinski definition) is 2. The van der Waals surface area contributed by atoms with E-state index in [1.165, 1.54) is 10.5 Å². The summed E-state index contributed by atoms with van der Waals surface area (Å²) in [5.41, 5.74) is 6.52. The highest BCUT2D eigenvalue weighted by Crippen LogP contribution is 2.36. The van der Waals surface area contributed by atoms with Crippen molar-refractivity contribution in [3.05, 3.63) is 114 Å². The monoisotopic (exact) mass is 408 g/mol. The normalized spacial score (nSPS) is 10.5. The largest absolute Gasteiger partial charge is 0.464 e. The molecule has 0 radical (unpaired) electrons. The summed E-state index contributed by atoms with van der Waals surface area (Å²) in [7, 11) is 0. The van der Waals surface area contributed by atoms with Gasteiger partial charge in [-0.15, -0.1) is 0 Å². The molecule has 0 bridgehead atoms. The molecule has 4 aromatic carbocycles. The summed E-state index contributed by atoms with van der Waals surface area (Å²) in [5, 5.41) is 9.83. The summed E-state index contributed by atoms with van der Waals surface area (Å²) < 4.78 is 0. The van der Waals surface area contributed by atoms with Gasteiger partial charge in [-0.1, -0.05) is 53.6 Å². The molecular weight excluding hydrogens is 384 g/mol. The first-order valence-electron chi connectivity index (χ1n) is 10.1. The lowest BCUT2D eigenvalue weighted by atomic mass is 10.1. The van der Waals surface area contributed by atoms with Crippen molar-refractivity contribution in [2.75, 3.05) is 9.80 Å². The molecule has 154 valence electrons. The molecule has 0 saturated carbocycles. The Morgan fingerprint density at radius 1 is 0.548 bits per heavy atom. The maximum atomic E-state index is 12.0. The average molecular weight is 409 g/mol. The van der Waals surface area contributed by atoms with Crippen molar-refractivity contribution in [1.29, 1.82) is 0 Å². The SMILES string of the molecule is Cc1ccc(N(C(=O)O)c2ccc(N(c3ccccc3)c3ccc(C)cc3)cc2)cc1. The van der Waals surface area contributed by atoms with E-state index in [0.717, 1.165) is 22.6 Å². The maximum Gasteiger partial charge on any atom is 0.416 e. The highest BCUT2D eigenvalue weighted by Gasteiger charge is 2.18. The van der Waals surface area contributed by atoms with Crippen LogP contribution in [0.1, 0.15) is 11.1 Å². The van der Waals surface area contributed by atoms with Gasteiger partial charge in [0.05, 0.1) is 11.4 Å². The van der Waals surface area contributed by atoms with E-state index >= 15 is 0 Å². The summed E-state index contributed by atoms with van der Waals surface area (Å²) >= 11 is 0. The van der Waals surface area contributed by atoms with Gasteiger partial charge in [0.2, 0.25) is 0 Å². The molecular formula is C27H24N2O2. The number of carbonyl (C=O) groups is 1. The quantitative estimate of drug-likeness (QED) is 0.370. The van der Waals surface area contributed by atoms with Crippen LogP contribution in [0.25, 0.3) is 0 Å². The summed E-state index contributed by atoms with van der Waals surface area (Å²) in [6.45, 7) is 4.05. The highest BCUT2D eigenvalue weighted by atomic mass is 16.4. The Kier molecular flexibility index (Phi) is 5.72. The predicted octanol–water partition coefficient (Wildman–Crippen LogP) is 7.59. The first kappa shape index (κ1) is 20.2. The highest BCUT2D eigenvalue weighted by molar-refractivity contribution is 5.95. The summed E-state index contributed by atoms with van der Waals surface area (Å²) in [5.74, 6) is 0. The molecule has 0 aromatic heterocycles. The minimum absolute atomic E-state index is 0.594. The van der Waals surface area contributed by atoms with Crippen molar-refractivity contribution in [3.8, 4) is 0 Å². The number of para-hydroxylation sites is 1. The Labute approximate surface area is 182 Å². The lowest BCUT2D eigenvalue weighted by Gasteiger charge is -2.26. The van der Waals surface area contributed by atoms with Gasteiger partial charge in [0.1, 0.15) is 0 Å². The Balaban J connectivity index is 1.73. The fourth-order valence-corrected chi connectivity index (χ4v) is 3.53. The second kappa shape index (κ2) is 8.76. The van der Waals surface area contributed by atoms with E-state index in [1.54, 1.807) is 0 Å². The number of anilines is 5. The molecule has 4 aromatic rings. The van der Waals surface area contributed by atoms with Crippen LogP contribution in [0.3, 0.4) is 0 Å². The molecule has 0 fully saturated rings. The molecule has 31 heavy (non-hydrogen) atoms. The third-order valence-corrected chi connectivity index (χ3v) is 5.16. The maximum absolute atomic E-state index is 12.0.